The molecule has 0 bridgehead atoms. The van der Waals surface area contributed by atoms with E-state index >= 15 is 0 Å². The first-order chi connectivity index (χ1) is 20.9. The van der Waals surface area contributed by atoms with E-state index < -0.39 is 24.3 Å². The summed E-state index contributed by atoms with van der Waals surface area (Å²) in [7, 11) is 5.89. The summed E-state index contributed by atoms with van der Waals surface area (Å²) >= 11 is 0. The van der Waals surface area contributed by atoms with Gasteiger partial charge in [0.15, 0.2) is 0 Å². The maximum Gasteiger partial charge on any atom is 0.490 e. The van der Waals surface area contributed by atoms with Crippen LogP contribution in [0.1, 0.15) is 23.2 Å². The van der Waals surface area contributed by atoms with E-state index in [-0.39, 0.29) is 5.91 Å². The average Bonchev–Trinajstić information content (AvgIpc) is 3.52. The van der Waals surface area contributed by atoms with Crippen LogP contribution in [0.4, 0.5) is 37.7 Å². The van der Waals surface area contributed by atoms with E-state index in [0.717, 1.165) is 54.2 Å². The van der Waals surface area contributed by atoms with Crippen LogP contribution in [0.5, 0.6) is 5.75 Å². The van der Waals surface area contributed by atoms with Gasteiger partial charge in [0.2, 0.25) is 0 Å². The number of rotatable bonds is 6. The number of aromatic nitrogens is 2. The fourth-order valence-electron chi connectivity index (χ4n) is 4.05. The lowest BCUT2D eigenvalue weighted by Crippen LogP contribution is -2.42. The molecule has 2 heterocycles. The van der Waals surface area contributed by atoms with Crippen molar-refractivity contribution in [1.82, 2.24) is 15.1 Å². The van der Waals surface area contributed by atoms with E-state index in [1.165, 1.54) is 0 Å². The van der Waals surface area contributed by atoms with E-state index in [2.05, 4.69) is 45.5 Å². The largest absolute Gasteiger partial charge is 0.497 e. The minimum Gasteiger partial charge on any atom is -0.497 e. The van der Waals surface area contributed by atoms with Crippen molar-refractivity contribution in [2.24, 2.45) is 0 Å². The molecule has 2 aromatic carbocycles. The van der Waals surface area contributed by atoms with E-state index in [1.807, 2.05) is 24.5 Å². The molecular weight excluding hydrogens is 616 g/mol. The van der Waals surface area contributed by atoms with Crippen LogP contribution in [0.3, 0.4) is 0 Å². The van der Waals surface area contributed by atoms with Crippen LogP contribution in [0, 0.1) is 0 Å². The summed E-state index contributed by atoms with van der Waals surface area (Å²) in [5.74, 6) is -4.92. The lowest BCUT2D eigenvalue weighted by atomic mass is 10.0. The number of ether oxygens (including phenoxy) is 1. The number of carboxylic acid groups (broad SMARTS) is 2. The van der Waals surface area contributed by atoms with Gasteiger partial charge in [-0.15, -0.1) is 0 Å². The van der Waals surface area contributed by atoms with Gasteiger partial charge in [-0.1, -0.05) is 6.07 Å². The third-order valence-corrected chi connectivity index (χ3v) is 6.45. The molecule has 246 valence electrons. The maximum absolute atomic E-state index is 12.9. The van der Waals surface area contributed by atoms with Gasteiger partial charge in [0.05, 0.1) is 24.7 Å². The number of aromatic amines is 1. The molecule has 4 N–H and O–H groups in total. The number of piperidine rings is 1. The van der Waals surface area contributed by atoms with Gasteiger partial charge < -0.3 is 30.1 Å². The van der Waals surface area contributed by atoms with Gasteiger partial charge in [0.25, 0.3) is 5.91 Å². The quantitative estimate of drug-likeness (QED) is 0.267. The topological polar surface area (TPSA) is 148 Å². The zero-order valence-electron chi connectivity index (χ0n) is 24.2. The fraction of sp³-hybridized carbons (Fsp3) is 0.357. The maximum atomic E-state index is 12.9. The lowest BCUT2D eigenvalue weighted by molar-refractivity contribution is -0.193. The Labute approximate surface area is 253 Å². The molecule has 0 aliphatic carbocycles. The van der Waals surface area contributed by atoms with Crippen molar-refractivity contribution in [1.29, 1.82) is 0 Å². The first kappa shape index (κ1) is 36.4. The molecular formula is C28H31F6N5O6. The Morgan fingerprint density at radius 2 is 1.47 bits per heavy atom. The molecule has 1 saturated heterocycles. The Morgan fingerprint density at radius 3 is 1.89 bits per heavy atom. The molecule has 1 amide bonds. The minimum atomic E-state index is -5.08. The molecule has 0 atom stereocenters. The highest BCUT2D eigenvalue weighted by Gasteiger charge is 2.38. The molecule has 17 heteroatoms. The number of H-pyrrole nitrogens is 1. The number of hydrogen-bond acceptors (Lipinski definition) is 7. The number of halogens is 6. The summed E-state index contributed by atoms with van der Waals surface area (Å²) < 4.78 is 68.7. The second kappa shape index (κ2) is 15.8. The molecule has 11 nitrogen and oxygen atoms in total. The Bertz CT molecular complexity index is 1380. The number of aliphatic carboxylic acids is 2. The van der Waals surface area contributed by atoms with Crippen molar-refractivity contribution in [2.75, 3.05) is 44.5 Å². The van der Waals surface area contributed by atoms with E-state index in [9.17, 15) is 31.1 Å². The van der Waals surface area contributed by atoms with E-state index in [0.29, 0.717) is 11.6 Å². The first-order valence-corrected chi connectivity index (χ1v) is 13.0. The van der Waals surface area contributed by atoms with Gasteiger partial charge in [-0.3, -0.25) is 9.89 Å². The summed E-state index contributed by atoms with van der Waals surface area (Å²) in [6, 6.07) is 13.9. The lowest BCUT2D eigenvalue weighted by Gasteiger charge is -2.37. The summed E-state index contributed by atoms with van der Waals surface area (Å²) in [4.78, 5) is 35.4. The highest BCUT2D eigenvalue weighted by Crippen LogP contribution is 2.34. The first-order valence-electron chi connectivity index (χ1n) is 13.0. The number of nitrogens with zero attached hydrogens (tertiary/aromatic N) is 3. The molecule has 0 spiro atoms. The fourth-order valence-corrected chi connectivity index (χ4v) is 4.05. The number of nitrogens with one attached hydrogen (secondary N) is 2. The number of methoxy groups -OCH3 is 1. The number of amides is 1. The molecule has 1 aliphatic rings. The van der Waals surface area contributed by atoms with Crippen molar-refractivity contribution in [3.05, 3.63) is 60.4 Å². The Balaban J connectivity index is 0.000000421. The predicted octanol–water partition coefficient (Wildman–Crippen LogP) is 5.13. The third kappa shape index (κ3) is 11.3. The van der Waals surface area contributed by atoms with Crippen LogP contribution < -0.4 is 15.0 Å². The summed E-state index contributed by atoms with van der Waals surface area (Å²) in [5.41, 5.74) is 4.55. The van der Waals surface area contributed by atoms with Crippen LogP contribution in [-0.4, -0.2) is 95.8 Å². The molecule has 45 heavy (non-hydrogen) atoms. The van der Waals surface area contributed by atoms with Crippen LogP contribution >= 0.6 is 0 Å². The molecule has 1 aromatic heterocycles. The van der Waals surface area contributed by atoms with E-state index in [1.54, 1.807) is 31.4 Å². The average molecular weight is 648 g/mol. The Hall–Kier alpha value is -4.80. The SMILES string of the molecule is COc1ccc(C(=O)Nc2ccc(-c3cn[nH]c3)cc2N2CCC(N(C)C)CC2)cc1.O=C(O)C(F)(F)F.O=C(O)C(F)(F)F. The van der Waals surface area contributed by atoms with Crippen LogP contribution in [0.2, 0.25) is 0 Å². The number of anilines is 2. The second-order valence-corrected chi connectivity index (χ2v) is 9.69. The monoisotopic (exact) mass is 647 g/mol. The van der Waals surface area contributed by atoms with Crippen LogP contribution in [-0.2, 0) is 9.59 Å². The minimum absolute atomic E-state index is 0.136. The highest BCUT2D eigenvalue weighted by molar-refractivity contribution is 6.06. The standard InChI is InChI=1S/C24H29N5O2.2C2HF3O2/c1-28(2)20-10-12-29(13-11-20)23-14-18(19-15-25-26-16-19)6-9-22(23)27-24(30)17-4-7-21(31-3)8-5-17;2*3-2(4,5)1(6)7/h4-9,14-16,20H,10-13H2,1-3H3,(H,25,26)(H,27,30);2*(H,6,7). The van der Waals surface area contributed by atoms with Gasteiger partial charge in [0, 0.05) is 36.5 Å². The van der Waals surface area contributed by atoms with Crippen molar-refractivity contribution in [3.63, 3.8) is 0 Å². The summed E-state index contributed by atoms with van der Waals surface area (Å²) in [6.45, 7) is 1.90. The van der Waals surface area contributed by atoms with Gasteiger partial charge in [-0.05, 0) is 68.9 Å². The zero-order chi connectivity index (χ0) is 33.9. The smallest absolute Gasteiger partial charge is 0.490 e. The molecule has 0 radical (unpaired) electrons. The number of carbonyl (C=O) groups excluding carboxylic acids is 1. The second-order valence-electron chi connectivity index (χ2n) is 9.69. The third-order valence-electron chi connectivity index (χ3n) is 6.45. The van der Waals surface area contributed by atoms with Crippen molar-refractivity contribution < 1.29 is 55.7 Å². The summed E-state index contributed by atoms with van der Waals surface area (Å²) in [5, 5.41) is 24.3. The van der Waals surface area contributed by atoms with Crippen molar-refractivity contribution in [2.45, 2.75) is 31.2 Å². The van der Waals surface area contributed by atoms with Crippen molar-refractivity contribution >= 4 is 29.2 Å². The molecule has 4 rings (SSSR count). The molecule has 0 saturated carbocycles. The van der Waals surface area contributed by atoms with Crippen LogP contribution in [0.25, 0.3) is 11.1 Å². The van der Waals surface area contributed by atoms with Crippen LogP contribution in [0.15, 0.2) is 54.9 Å². The molecule has 1 aliphatic heterocycles. The number of alkyl halides is 6. The number of benzene rings is 2. The number of hydrogen-bond donors (Lipinski definition) is 4. The highest BCUT2D eigenvalue weighted by atomic mass is 19.4. The number of carbonyl (C=O) groups is 3. The normalized spacial score (nSPS) is 13.6. The van der Waals surface area contributed by atoms with E-state index in [4.69, 9.17) is 24.5 Å². The van der Waals surface area contributed by atoms with Crippen molar-refractivity contribution in [3.8, 4) is 16.9 Å². The summed E-state index contributed by atoms with van der Waals surface area (Å²) in [6.07, 6.45) is -4.29. The van der Waals surface area contributed by atoms with Gasteiger partial charge in [-0.25, -0.2) is 9.59 Å². The number of carboxylic acids is 2. The van der Waals surface area contributed by atoms with Gasteiger partial charge >= 0.3 is 24.3 Å². The molecule has 3 aromatic rings. The Kier molecular flexibility index (Phi) is 12.8. The van der Waals surface area contributed by atoms with Gasteiger partial charge in [0.1, 0.15) is 5.75 Å². The zero-order valence-corrected chi connectivity index (χ0v) is 24.2. The van der Waals surface area contributed by atoms with Gasteiger partial charge in [-0.2, -0.15) is 31.4 Å². The molecule has 1 fully saturated rings. The predicted molar refractivity (Wildman–Crippen MR) is 151 cm³/mol. The Morgan fingerprint density at radius 1 is 0.933 bits per heavy atom. The molecule has 0 unspecified atom stereocenters.